The van der Waals surface area contributed by atoms with Gasteiger partial charge in [-0.05, 0) is 136 Å². The summed E-state index contributed by atoms with van der Waals surface area (Å²) in [6.07, 6.45) is 9.09. The molecule has 0 fully saturated rings. The van der Waals surface area contributed by atoms with Crippen LogP contribution in [0.5, 0.6) is 0 Å². The van der Waals surface area contributed by atoms with Crippen LogP contribution in [0.1, 0.15) is 107 Å². The standard InChI is InChI=1S/C54H76N6/c1-9-37-55(38-10-2)45-17-25-49(26-18-45)59(50-27-19-46(20-28-50)56(39-11-3)40-12-4)53-33-35-54(36-34-53)60(51-29-21-47(22-30-51)57(41-13-5)42-14-6)52-31-23-48(24-32-52)58(43-15-7)44-16-8/h17-36H,9-16,37-44H2,1-8H3/q+1. The highest BCUT2D eigenvalue weighted by molar-refractivity contribution is 5.80. The SMILES string of the molecule is CCCN(CCC)c1ccc(N(c2ccc(N(CCC)CCC)cc2)c2ccc([N+](c3ccc(N(CCC)CCC)cc3)c3ccc(N(CCC)CCC)cc3)cc2)cc1. The Kier molecular flexibility index (Phi) is 18.7. The lowest BCUT2D eigenvalue weighted by Gasteiger charge is -2.29. The minimum absolute atomic E-state index is 1.07. The zero-order chi connectivity index (χ0) is 42.7. The minimum atomic E-state index is 1.07. The molecule has 0 spiro atoms. The highest BCUT2D eigenvalue weighted by atomic mass is 15.2. The van der Waals surface area contributed by atoms with E-state index in [1.54, 1.807) is 0 Å². The zero-order valence-electron chi connectivity index (χ0n) is 38.5. The van der Waals surface area contributed by atoms with Crippen molar-refractivity contribution in [2.75, 3.05) is 76.9 Å². The van der Waals surface area contributed by atoms with Gasteiger partial charge >= 0.3 is 0 Å². The van der Waals surface area contributed by atoms with Gasteiger partial charge in [0.2, 0.25) is 0 Å². The van der Waals surface area contributed by atoms with Crippen LogP contribution in [0.25, 0.3) is 0 Å². The number of hydrogen-bond donors (Lipinski definition) is 0. The molecule has 0 aliphatic heterocycles. The lowest BCUT2D eigenvalue weighted by molar-refractivity contribution is 0.744. The molecule has 5 aromatic carbocycles. The highest BCUT2D eigenvalue weighted by Crippen LogP contribution is 2.40. The van der Waals surface area contributed by atoms with E-state index in [9.17, 15) is 0 Å². The van der Waals surface area contributed by atoms with Crippen LogP contribution in [0.4, 0.5) is 56.9 Å². The van der Waals surface area contributed by atoms with Crippen LogP contribution in [0.15, 0.2) is 121 Å². The van der Waals surface area contributed by atoms with Gasteiger partial charge in [-0.3, -0.25) is 0 Å². The molecule has 0 saturated heterocycles. The van der Waals surface area contributed by atoms with E-state index in [1.807, 2.05) is 0 Å². The van der Waals surface area contributed by atoms with Gasteiger partial charge in [-0.15, -0.1) is 0 Å². The van der Waals surface area contributed by atoms with Gasteiger partial charge in [0.25, 0.3) is 0 Å². The van der Waals surface area contributed by atoms with Gasteiger partial charge in [0.15, 0.2) is 17.1 Å². The molecule has 0 aliphatic carbocycles. The Labute approximate surface area is 365 Å². The number of rotatable bonds is 26. The summed E-state index contributed by atoms with van der Waals surface area (Å²) < 4.78 is 0. The third-order valence-corrected chi connectivity index (χ3v) is 11.2. The Morgan fingerprint density at radius 1 is 0.250 bits per heavy atom. The van der Waals surface area contributed by atoms with Crippen LogP contribution in [-0.4, -0.2) is 52.4 Å². The average Bonchev–Trinajstić information content (AvgIpc) is 3.28. The average molecular weight is 809 g/mol. The zero-order valence-corrected chi connectivity index (χ0v) is 38.5. The lowest BCUT2D eigenvalue weighted by Crippen LogP contribution is -2.25. The second kappa shape index (κ2) is 24.3. The summed E-state index contributed by atoms with van der Waals surface area (Å²) in [5.74, 6) is 0. The highest BCUT2D eigenvalue weighted by Gasteiger charge is 2.27. The molecule has 321 valence electrons. The summed E-state index contributed by atoms with van der Waals surface area (Å²) in [6, 6.07) is 46.0. The maximum Gasteiger partial charge on any atom is 0.192 e. The number of nitrogens with zero attached hydrogens (tertiary/aromatic N) is 6. The van der Waals surface area contributed by atoms with Crippen molar-refractivity contribution in [3.63, 3.8) is 0 Å². The summed E-state index contributed by atoms with van der Waals surface area (Å²) in [7, 11) is 0. The Bertz CT molecular complexity index is 1620. The summed E-state index contributed by atoms with van der Waals surface area (Å²) in [5.41, 5.74) is 12.0. The third kappa shape index (κ3) is 12.1. The molecule has 0 amide bonds. The monoisotopic (exact) mass is 809 g/mol. The quantitative estimate of drug-likeness (QED) is 0.0518. The molecule has 5 aromatic rings. The van der Waals surface area contributed by atoms with Crippen molar-refractivity contribution in [1.82, 2.24) is 4.90 Å². The van der Waals surface area contributed by atoms with Gasteiger partial charge < -0.3 is 24.5 Å². The molecule has 60 heavy (non-hydrogen) atoms. The van der Waals surface area contributed by atoms with Crippen LogP contribution < -0.4 is 29.4 Å². The van der Waals surface area contributed by atoms with E-state index in [1.165, 1.54) is 22.7 Å². The van der Waals surface area contributed by atoms with Crippen LogP contribution in [0.2, 0.25) is 0 Å². The van der Waals surface area contributed by atoms with Crippen molar-refractivity contribution in [2.24, 2.45) is 0 Å². The molecule has 0 bridgehead atoms. The van der Waals surface area contributed by atoms with Crippen molar-refractivity contribution in [3.8, 4) is 0 Å². The van der Waals surface area contributed by atoms with E-state index in [0.29, 0.717) is 0 Å². The fourth-order valence-electron chi connectivity index (χ4n) is 8.53. The van der Waals surface area contributed by atoms with E-state index in [4.69, 9.17) is 0 Å². The Hall–Kier alpha value is -4.94. The molecule has 6 heteroatoms. The van der Waals surface area contributed by atoms with E-state index in [-0.39, 0.29) is 0 Å². The van der Waals surface area contributed by atoms with Crippen molar-refractivity contribution in [1.29, 1.82) is 0 Å². The predicted molar refractivity (Wildman–Crippen MR) is 266 cm³/mol. The lowest BCUT2D eigenvalue weighted by atomic mass is 10.1. The molecule has 5 rings (SSSR count). The summed E-state index contributed by atoms with van der Waals surface area (Å²) in [4.78, 5) is 14.9. The summed E-state index contributed by atoms with van der Waals surface area (Å²) in [6.45, 7) is 26.7. The molecular weight excluding hydrogens is 733 g/mol. The molecule has 0 aliphatic rings. The molecule has 0 saturated carbocycles. The number of anilines is 10. The van der Waals surface area contributed by atoms with Gasteiger partial charge in [0.1, 0.15) is 0 Å². The summed E-state index contributed by atoms with van der Waals surface area (Å²) in [5, 5.41) is 0. The van der Waals surface area contributed by atoms with Gasteiger partial charge in [0, 0.05) is 129 Å². The maximum atomic E-state index is 2.51. The van der Waals surface area contributed by atoms with E-state index in [2.05, 4.69) is 206 Å². The molecule has 0 N–H and O–H groups in total. The smallest absolute Gasteiger partial charge is 0.192 e. The van der Waals surface area contributed by atoms with Gasteiger partial charge in [-0.25, -0.2) is 0 Å². The van der Waals surface area contributed by atoms with Gasteiger partial charge in [0.05, 0.1) is 0 Å². The second-order valence-corrected chi connectivity index (χ2v) is 16.2. The first-order valence-corrected chi connectivity index (χ1v) is 23.5. The van der Waals surface area contributed by atoms with Crippen LogP contribution in [0, 0.1) is 0 Å². The normalized spacial score (nSPS) is 11.2. The van der Waals surface area contributed by atoms with E-state index in [0.717, 1.165) is 138 Å². The molecule has 0 heterocycles. The van der Waals surface area contributed by atoms with Crippen molar-refractivity contribution < 1.29 is 0 Å². The molecule has 0 aromatic heterocycles. The fraction of sp³-hybridized carbons (Fsp3) is 0.444. The molecular formula is C54H76N6+. The van der Waals surface area contributed by atoms with Crippen LogP contribution >= 0.6 is 0 Å². The van der Waals surface area contributed by atoms with Crippen LogP contribution in [0.3, 0.4) is 0 Å². The van der Waals surface area contributed by atoms with Crippen LogP contribution in [-0.2, 0) is 0 Å². The van der Waals surface area contributed by atoms with Gasteiger partial charge in [-0.2, -0.15) is 0 Å². The predicted octanol–water partition coefficient (Wildman–Crippen LogP) is 15.1. The molecule has 0 atom stereocenters. The Balaban J connectivity index is 1.57. The maximum absolute atomic E-state index is 2.51. The minimum Gasteiger partial charge on any atom is -0.372 e. The Morgan fingerprint density at radius 3 is 0.617 bits per heavy atom. The first-order valence-electron chi connectivity index (χ1n) is 23.5. The topological polar surface area (TPSA) is 22.1 Å². The molecule has 1 radical (unpaired) electrons. The van der Waals surface area contributed by atoms with E-state index < -0.39 is 0 Å². The fourth-order valence-corrected chi connectivity index (χ4v) is 8.53. The largest absolute Gasteiger partial charge is 0.372 e. The summed E-state index contributed by atoms with van der Waals surface area (Å²) >= 11 is 0. The van der Waals surface area contributed by atoms with E-state index >= 15 is 0 Å². The Morgan fingerprint density at radius 2 is 0.417 bits per heavy atom. The number of benzene rings is 5. The van der Waals surface area contributed by atoms with Crippen molar-refractivity contribution in [3.05, 3.63) is 121 Å². The second-order valence-electron chi connectivity index (χ2n) is 16.2. The first kappa shape index (κ1) is 46.1. The van der Waals surface area contributed by atoms with Gasteiger partial charge in [-0.1, -0.05) is 60.3 Å². The third-order valence-electron chi connectivity index (χ3n) is 11.2. The number of hydrogen-bond acceptors (Lipinski definition) is 6. The molecule has 0 unspecified atom stereocenters. The van der Waals surface area contributed by atoms with Crippen molar-refractivity contribution >= 4 is 56.9 Å². The first-order chi connectivity index (χ1) is 29.4. The molecule has 6 nitrogen and oxygen atoms in total. The van der Waals surface area contributed by atoms with Crippen molar-refractivity contribution in [2.45, 2.75) is 107 Å².